The van der Waals surface area contributed by atoms with Gasteiger partial charge in [0.2, 0.25) is 0 Å². The molecule has 6 heteroatoms. The lowest BCUT2D eigenvalue weighted by molar-refractivity contribution is 0.560. The third-order valence-electron chi connectivity index (χ3n) is 3.14. The third kappa shape index (κ3) is 6.16. The number of benzene rings is 1. The van der Waals surface area contributed by atoms with Crippen molar-refractivity contribution in [2.75, 3.05) is 18.8 Å². The van der Waals surface area contributed by atoms with Gasteiger partial charge in [-0.1, -0.05) is 30.3 Å². The van der Waals surface area contributed by atoms with Gasteiger partial charge >= 0.3 is 0 Å². The van der Waals surface area contributed by atoms with Gasteiger partial charge in [0.1, 0.15) is 0 Å². The van der Waals surface area contributed by atoms with Crippen LogP contribution in [-0.2, 0) is 16.3 Å². The van der Waals surface area contributed by atoms with Crippen LogP contribution in [-0.4, -0.2) is 38.0 Å². The number of nitrogens with zero attached hydrogens (tertiary/aromatic N) is 1. The van der Waals surface area contributed by atoms with Crippen LogP contribution in [0.4, 0.5) is 0 Å². The largest absolute Gasteiger partial charge is 0.370 e. The maximum atomic E-state index is 11.9. The van der Waals surface area contributed by atoms with Gasteiger partial charge in [-0.3, -0.25) is 4.99 Å². The van der Waals surface area contributed by atoms with Crippen LogP contribution >= 0.6 is 0 Å². The van der Waals surface area contributed by atoms with E-state index in [-0.39, 0.29) is 18.3 Å². The zero-order chi connectivity index (χ0) is 15.9. The van der Waals surface area contributed by atoms with Crippen LogP contribution in [0.2, 0.25) is 0 Å². The van der Waals surface area contributed by atoms with E-state index in [0.29, 0.717) is 6.54 Å². The van der Waals surface area contributed by atoms with Crippen LogP contribution < -0.4 is 11.1 Å². The lowest BCUT2D eigenvalue weighted by Gasteiger charge is -2.18. The first-order valence-corrected chi connectivity index (χ1v) is 8.67. The summed E-state index contributed by atoms with van der Waals surface area (Å²) in [5, 5.41) is 2.99. The Hall–Kier alpha value is -1.56. The molecule has 0 aliphatic rings. The molecule has 1 aromatic rings. The average Bonchev–Trinajstić information content (AvgIpc) is 2.38. The molecule has 0 spiro atoms. The number of rotatable bonds is 6. The highest BCUT2D eigenvalue weighted by Gasteiger charge is 2.28. The van der Waals surface area contributed by atoms with Gasteiger partial charge in [-0.15, -0.1) is 0 Å². The molecule has 0 heterocycles. The molecule has 118 valence electrons. The Labute approximate surface area is 127 Å². The minimum absolute atomic E-state index is 0.0115. The molecule has 1 aromatic carbocycles. The van der Waals surface area contributed by atoms with Gasteiger partial charge in [0.15, 0.2) is 15.8 Å². The Kier molecular flexibility index (Phi) is 6.20. The summed E-state index contributed by atoms with van der Waals surface area (Å²) in [4.78, 5) is 4.06. The summed E-state index contributed by atoms with van der Waals surface area (Å²) in [6.45, 7) is 5.92. The lowest BCUT2D eigenvalue weighted by atomic mass is 10.1. The lowest BCUT2D eigenvalue weighted by Crippen LogP contribution is -2.35. The number of sulfone groups is 1. The van der Waals surface area contributed by atoms with Gasteiger partial charge in [0.25, 0.3) is 0 Å². The Balaban J connectivity index is 2.34. The maximum absolute atomic E-state index is 11.9. The van der Waals surface area contributed by atoms with Crippen LogP contribution in [0.3, 0.4) is 0 Å². The molecule has 0 aliphatic carbocycles. The molecular formula is C15H25N3O2S. The molecule has 0 unspecified atom stereocenters. The van der Waals surface area contributed by atoms with Crippen molar-refractivity contribution in [3.8, 4) is 0 Å². The van der Waals surface area contributed by atoms with Gasteiger partial charge in [-0.2, -0.15) is 0 Å². The molecule has 0 aromatic heterocycles. The first kappa shape index (κ1) is 17.5. The zero-order valence-corrected chi connectivity index (χ0v) is 13.8. The van der Waals surface area contributed by atoms with Crippen molar-refractivity contribution < 1.29 is 8.42 Å². The smallest absolute Gasteiger partial charge is 0.188 e. The molecule has 0 radical (unpaired) electrons. The number of guanidine groups is 1. The predicted octanol–water partition coefficient (Wildman–Crippen LogP) is 1.35. The molecule has 0 bridgehead atoms. The summed E-state index contributed by atoms with van der Waals surface area (Å²) in [5.74, 6) is 0.299. The first-order chi connectivity index (χ1) is 9.72. The zero-order valence-electron chi connectivity index (χ0n) is 13.0. The van der Waals surface area contributed by atoms with Gasteiger partial charge < -0.3 is 11.1 Å². The summed E-state index contributed by atoms with van der Waals surface area (Å²) < 4.78 is 23.1. The minimum atomic E-state index is -3.15. The van der Waals surface area contributed by atoms with Crippen molar-refractivity contribution in [2.45, 2.75) is 31.9 Å². The maximum Gasteiger partial charge on any atom is 0.188 e. The number of aliphatic imine (C=N–C) groups is 1. The van der Waals surface area contributed by atoms with Crippen molar-refractivity contribution in [3.05, 3.63) is 35.9 Å². The molecule has 0 amide bonds. The Morgan fingerprint density at radius 3 is 2.43 bits per heavy atom. The van der Waals surface area contributed by atoms with Gasteiger partial charge in [-0.05, 0) is 32.8 Å². The van der Waals surface area contributed by atoms with E-state index in [1.165, 1.54) is 5.56 Å². The molecule has 5 nitrogen and oxygen atoms in total. The fourth-order valence-corrected chi connectivity index (χ4v) is 2.57. The molecule has 3 N–H and O–H groups in total. The number of hydrogen-bond acceptors (Lipinski definition) is 3. The van der Waals surface area contributed by atoms with Crippen LogP contribution in [0.1, 0.15) is 26.3 Å². The fourth-order valence-electron chi connectivity index (χ4n) is 1.63. The topological polar surface area (TPSA) is 84.5 Å². The van der Waals surface area contributed by atoms with Crippen molar-refractivity contribution in [1.82, 2.24) is 5.32 Å². The highest BCUT2D eigenvalue weighted by Crippen LogP contribution is 2.15. The second-order valence-electron chi connectivity index (χ2n) is 5.86. The van der Waals surface area contributed by atoms with Gasteiger partial charge in [0.05, 0.1) is 17.0 Å². The van der Waals surface area contributed by atoms with Crippen LogP contribution in [0.25, 0.3) is 0 Å². The van der Waals surface area contributed by atoms with E-state index >= 15 is 0 Å². The Morgan fingerprint density at radius 1 is 1.24 bits per heavy atom. The minimum Gasteiger partial charge on any atom is -0.370 e. The van der Waals surface area contributed by atoms with E-state index in [1.54, 1.807) is 20.8 Å². The second kappa shape index (κ2) is 7.45. The van der Waals surface area contributed by atoms with Gasteiger partial charge in [-0.25, -0.2) is 8.42 Å². The first-order valence-electron chi connectivity index (χ1n) is 7.02. The standard InChI is InChI=1S/C15H25N3O2S/c1-15(2,3)21(19,20)12-11-18-14(16)17-10-9-13-7-5-4-6-8-13/h4-8H,9-12H2,1-3H3,(H3,16,17,18). The highest BCUT2D eigenvalue weighted by molar-refractivity contribution is 7.92. The van der Waals surface area contributed by atoms with Crippen LogP contribution in [0.5, 0.6) is 0 Å². The monoisotopic (exact) mass is 311 g/mol. The molecule has 0 saturated heterocycles. The molecule has 0 fully saturated rings. The number of nitrogens with two attached hydrogens (primary N) is 1. The van der Waals surface area contributed by atoms with Crippen molar-refractivity contribution in [1.29, 1.82) is 0 Å². The summed E-state index contributed by atoms with van der Waals surface area (Å²) in [6, 6.07) is 10.0. The summed E-state index contributed by atoms with van der Waals surface area (Å²) >= 11 is 0. The molecule has 0 atom stereocenters. The van der Waals surface area contributed by atoms with Gasteiger partial charge in [0, 0.05) is 6.54 Å². The van der Waals surface area contributed by atoms with Crippen molar-refractivity contribution in [2.24, 2.45) is 10.7 Å². The van der Waals surface area contributed by atoms with E-state index in [4.69, 9.17) is 5.73 Å². The summed E-state index contributed by atoms with van der Waals surface area (Å²) in [7, 11) is -3.15. The normalized spacial score (nSPS) is 13.2. The summed E-state index contributed by atoms with van der Waals surface area (Å²) in [5.41, 5.74) is 6.94. The van der Waals surface area contributed by atoms with Crippen molar-refractivity contribution in [3.63, 3.8) is 0 Å². The Bertz CT molecular complexity index is 560. The van der Waals surface area contributed by atoms with Crippen molar-refractivity contribution >= 4 is 15.8 Å². The van der Waals surface area contributed by atoms with E-state index < -0.39 is 14.6 Å². The molecule has 0 saturated carbocycles. The third-order valence-corrected chi connectivity index (χ3v) is 5.72. The molecule has 0 aliphatic heterocycles. The fraction of sp³-hybridized carbons (Fsp3) is 0.533. The van der Waals surface area contributed by atoms with Crippen LogP contribution in [0, 0.1) is 0 Å². The van der Waals surface area contributed by atoms with Crippen LogP contribution in [0.15, 0.2) is 35.3 Å². The average molecular weight is 311 g/mol. The van der Waals surface area contributed by atoms with E-state index in [1.807, 2.05) is 30.3 Å². The molecule has 21 heavy (non-hydrogen) atoms. The molecular weight excluding hydrogens is 286 g/mol. The quantitative estimate of drug-likeness (QED) is 0.613. The molecule has 1 rings (SSSR count). The summed E-state index contributed by atoms with van der Waals surface area (Å²) in [6.07, 6.45) is 0.845. The van der Waals surface area contributed by atoms with E-state index in [2.05, 4.69) is 10.3 Å². The SMILES string of the molecule is CC(C)(C)S(=O)(=O)CCN=C(N)NCCc1ccccc1. The number of hydrogen-bond donors (Lipinski definition) is 2. The van der Waals surface area contributed by atoms with E-state index in [9.17, 15) is 8.42 Å². The highest BCUT2D eigenvalue weighted by atomic mass is 32.2. The Morgan fingerprint density at radius 2 is 1.86 bits per heavy atom. The number of nitrogens with one attached hydrogen (secondary N) is 1. The predicted molar refractivity (Wildman–Crippen MR) is 88.2 cm³/mol. The second-order valence-corrected chi connectivity index (χ2v) is 8.72. The van der Waals surface area contributed by atoms with E-state index in [0.717, 1.165) is 6.42 Å².